The number of hydrogen-bond acceptors (Lipinski definition) is 3. The van der Waals surface area contributed by atoms with Crippen LogP contribution in [-0.2, 0) is 6.54 Å². The lowest BCUT2D eigenvalue weighted by Crippen LogP contribution is -2.16. The third-order valence-corrected chi connectivity index (χ3v) is 4.42. The van der Waals surface area contributed by atoms with Crippen LogP contribution in [0.15, 0.2) is 72.8 Å². The third kappa shape index (κ3) is 4.13. The molecule has 0 amide bonds. The van der Waals surface area contributed by atoms with Gasteiger partial charge in [0.15, 0.2) is 0 Å². The van der Waals surface area contributed by atoms with Crippen molar-refractivity contribution >= 4 is 0 Å². The van der Waals surface area contributed by atoms with E-state index in [9.17, 15) is 0 Å². The van der Waals surface area contributed by atoms with E-state index in [1.807, 2.05) is 12.1 Å². The highest BCUT2D eigenvalue weighted by Gasteiger charge is 2.16. The van der Waals surface area contributed by atoms with Crippen LogP contribution in [0.25, 0.3) is 22.3 Å². The minimum atomic E-state index is 0.201. The highest BCUT2D eigenvalue weighted by Crippen LogP contribution is 2.41. The zero-order valence-electron chi connectivity index (χ0n) is 15.1. The van der Waals surface area contributed by atoms with Crippen LogP contribution in [0.5, 0.6) is 5.75 Å². The van der Waals surface area contributed by atoms with Gasteiger partial charge >= 0.3 is 0 Å². The SMILES string of the molecule is COc1c(CNCCCO)ccc(-c2ccccc2)c1-c1ccccc1. The highest BCUT2D eigenvalue weighted by atomic mass is 16.5. The standard InChI is InChI=1S/C23H25NO2/c1-26-23-20(17-24-15-8-16-25)13-14-21(18-9-4-2-5-10-18)22(23)19-11-6-3-7-12-19/h2-7,9-14,24-25H,8,15-17H2,1H3. The molecule has 0 aromatic heterocycles. The van der Waals surface area contributed by atoms with E-state index in [0.29, 0.717) is 6.54 Å². The summed E-state index contributed by atoms with van der Waals surface area (Å²) in [6.07, 6.45) is 0.746. The fourth-order valence-electron chi connectivity index (χ4n) is 3.17. The molecule has 3 rings (SSSR count). The third-order valence-electron chi connectivity index (χ3n) is 4.42. The van der Waals surface area contributed by atoms with Gasteiger partial charge in [0, 0.05) is 24.3 Å². The number of rotatable bonds is 8. The number of ether oxygens (including phenoxy) is 1. The molecule has 0 saturated heterocycles. The highest BCUT2D eigenvalue weighted by molar-refractivity contribution is 5.88. The van der Waals surface area contributed by atoms with Crippen LogP contribution in [-0.4, -0.2) is 25.4 Å². The van der Waals surface area contributed by atoms with Gasteiger partial charge in [-0.1, -0.05) is 72.8 Å². The molecular formula is C23H25NO2. The molecule has 0 fully saturated rings. The summed E-state index contributed by atoms with van der Waals surface area (Å²) in [5.41, 5.74) is 5.70. The molecule has 3 aromatic rings. The molecule has 3 aromatic carbocycles. The lowest BCUT2D eigenvalue weighted by molar-refractivity contribution is 0.286. The smallest absolute Gasteiger partial charge is 0.131 e. The van der Waals surface area contributed by atoms with E-state index >= 15 is 0 Å². The monoisotopic (exact) mass is 347 g/mol. The second kappa shape index (κ2) is 9.18. The number of hydrogen-bond donors (Lipinski definition) is 2. The second-order valence-corrected chi connectivity index (χ2v) is 6.17. The summed E-state index contributed by atoms with van der Waals surface area (Å²) in [5, 5.41) is 12.3. The molecule has 26 heavy (non-hydrogen) atoms. The fourth-order valence-corrected chi connectivity index (χ4v) is 3.17. The van der Waals surface area contributed by atoms with E-state index in [-0.39, 0.29) is 6.61 Å². The van der Waals surface area contributed by atoms with Crippen LogP contribution in [0.2, 0.25) is 0 Å². The van der Waals surface area contributed by atoms with Gasteiger partial charge in [-0.05, 0) is 29.7 Å². The summed E-state index contributed by atoms with van der Waals surface area (Å²) in [6.45, 7) is 1.69. The van der Waals surface area contributed by atoms with Crippen LogP contribution in [0.3, 0.4) is 0 Å². The predicted octanol–water partition coefficient (Wildman–Crippen LogP) is 4.50. The first-order chi connectivity index (χ1) is 12.8. The average Bonchev–Trinajstić information content (AvgIpc) is 2.72. The molecule has 0 aliphatic rings. The Balaban J connectivity index is 2.08. The Hall–Kier alpha value is -2.62. The molecule has 0 radical (unpaired) electrons. The number of nitrogens with one attached hydrogen (secondary N) is 1. The van der Waals surface area contributed by atoms with Crippen LogP contribution in [0.4, 0.5) is 0 Å². The Morgan fingerprint density at radius 1 is 0.846 bits per heavy atom. The van der Waals surface area contributed by atoms with Crippen molar-refractivity contribution in [2.75, 3.05) is 20.3 Å². The lowest BCUT2D eigenvalue weighted by Gasteiger charge is -2.19. The van der Waals surface area contributed by atoms with Crippen molar-refractivity contribution in [3.63, 3.8) is 0 Å². The van der Waals surface area contributed by atoms with Gasteiger partial charge in [-0.25, -0.2) is 0 Å². The van der Waals surface area contributed by atoms with Gasteiger partial charge in [0.05, 0.1) is 7.11 Å². The minimum Gasteiger partial charge on any atom is -0.496 e. The Bertz CT molecular complexity index is 816. The number of benzene rings is 3. The summed E-state index contributed by atoms with van der Waals surface area (Å²) in [7, 11) is 1.73. The molecular weight excluding hydrogens is 322 g/mol. The van der Waals surface area contributed by atoms with E-state index in [2.05, 4.69) is 66.0 Å². The molecule has 0 aliphatic heterocycles. The molecule has 0 unspecified atom stereocenters. The summed E-state index contributed by atoms with van der Waals surface area (Å²) in [6, 6.07) is 25.1. The van der Waals surface area contributed by atoms with E-state index in [0.717, 1.165) is 41.0 Å². The van der Waals surface area contributed by atoms with Crippen molar-refractivity contribution in [1.29, 1.82) is 0 Å². The van der Waals surface area contributed by atoms with Gasteiger partial charge in [0.1, 0.15) is 5.75 Å². The summed E-state index contributed by atoms with van der Waals surface area (Å²) in [5.74, 6) is 0.897. The van der Waals surface area contributed by atoms with Gasteiger partial charge in [-0.3, -0.25) is 0 Å². The Morgan fingerprint density at radius 2 is 1.50 bits per heavy atom. The van der Waals surface area contributed by atoms with Crippen molar-refractivity contribution in [2.24, 2.45) is 0 Å². The van der Waals surface area contributed by atoms with E-state index in [1.165, 1.54) is 5.56 Å². The quantitative estimate of drug-likeness (QED) is 0.590. The zero-order valence-corrected chi connectivity index (χ0v) is 15.1. The van der Waals surface area contributed by atoms with Crippen molar-refractivity contribution in [2.45, 2.75) is 13.0 Å². The molecule has 0 bridgehead atoms. The van der Waals surface area contributed by atoms with Crippen molar-refractivity contribution in [3.05, 3.63) is 78.4 Å². The van der Waals surface area contributed by atoms with Crippen molar-refractivity contribution < 1.29 is 9.84 Å². The maximum absolute atomic E-state index is 8.95. The normalized spacial score (nSPS) is 10.7. The first kappa shape index (κ1) is 18.2. The minimum absolute atomic E-state index is 0.201. The van der Waals surface area contributed by atoms with E-state index in [4.69, 9.17) is 9.84 Å². The van der Waals surface area contributed by atoms with Crippen LogP contribution in [0, 0.1) is 0 Å². The molecule has 0 saturated carbocycles. The predicted molar refractivity (Wildman–Crippen MR) is 107 cm³/mol. The molecule has 0 spiro atoms. The maximum atomic E-state index is 8.95. The van der Waals surface area contributed by atoms with Crippen molar-refractivity contribution in [3.8, 4) is 28.0 Å². The topological polar surface area (TPSA) is 41.5 Å². The Kier molecular flexibility index (Phi) is 6.42. The van der Waals surface area contributed by atoms with Gasteiger partial charge in [-0.15, -0.1) is 0 Å². The molecule has 0 heterocycles. The summed E-state index contributed by atoms with van der Waals surface area (Å²) < 4.78 is 5.86. The lowest BCUT2D eigenvalue weighted by atomic mass is 9.91. The van der Waals surface area contributed by atoms with E-state index in [1.54, 1.807) is 7.11 Å². The van der Waals surface area contributed by atoms with Crippen LogP contribution >= 0.6 is 0 Å². The average molecular weight is 347 g/mol. The van der Waals surface area contributed by atoms with E-state index < -0.39 is 0 Å². The molecule has 3 nitrogen and oxygen atoms in total. The Morgan fingerprint density at radius 3 is 2.12 bits per heavy atom. The first-order valence-corrected chi connectivity index (χ1v) is 8.97. The number of aliphatic hydroxyl groups excluding tert-OH is 1. The summed E-state index contributed by atoms with van der Waals surface area (Å²) >= 11 is 0. The Labute approximate surface area is 155 Å². The molecule has 0 aliphatic carbocycles. The second-order valence-electron chi connectivity index (χ2n) is 6.17. The summed E-state index contributed by atoms with van der Waals surface area (Å²) in [4.78, 5) is 0. The van der Waals surface area contributed by atoms with Crippen molar-refractivity contribution in [1.82, 2.24) is 5.32 Å². The van der Waals surface area contributed by atoms with Gasteiger partial charge in [0.2, 0.25) is 0 Å². The molecule has 3 heteroatoms. The molecule has 134 valence electrons. The number of aliphatic hydroxyl groups is 1. The first-order valence-electron chi connectivity index (χ1n) is 8.97. The van der Waals surface area contributed by atoms with Gasteiger partial charge in [-0.2, -0.15) is 0 Å². The zero-order chi connectivity index (χ0) is 18.2. The maximum Gasteiger partial charge on any atom is 0.131 e. The number of methoxy groups -OCH3 is 1. The largest absolute Gasteiger partial charge is 0.496 e. The fraction of sp³-hybridized carbons (Fsp3) is 0.217. The molecule has 0 atom stereocenters. The molecule has 2 N–H and O–H groups in total. The van der Waals surface area contributed by atoms with Gasteiger partial charge in [0.25, 0.3) is 0 Å². The van der Waals surface area contributed by atoms with Crippen LogP contribution < -0.4 is 10.1 Å². The van der Waals surface area contributed by atoms with Crippen LogP contribution in [0.1, 0.15) is 12.0 Å². The van der Waals surface area contributed by atoms with Gasteiger partial charge < -0.3 is 15.2 Å².